The van der Waals surface area contributed by atoms with Crippen LogP contribution in [0.3, 0.4) is 0 Å². The number of carbonyl (C=O) groups is 3. The lowest BCUT2D eigenvalue weighted by Crippen LogP contribution is -2.50. The Hall–Kier alpha value is -3.56. The van der Waals surface area contributed by atoms with Gasteiger partial charge in [-0.25, -0.2) is 18.6 Å². The van der Waals surface area contributed by atoms with Crippen LogP contribution in [0.2, 0.25) is 0 Å². The molecule has 0 aliphatic carbocycles. The number of carbonyl (C=O) groups excluding carboxylic acids is 2. The molecule has 0 saturated carbocycles. The Morgan fingerprint density at radius 2 is 1.91 bits per heavy atom. The molecule has 8 nitrogen and oxygen atoms in total. The fraction of sp³-hybridized carbons (Fsp3) is 0.417. The smallest absolute Gasteiger partial charge is 0.407 e. The zero-order valence-electron chi connectivity index (χ0n) is 18.9. The lowest BCUT2D eigenvalue weighted by molar-refractivity contribution is -0.106. The third-order valence-electron chi connectivity index (χ3n) is 5.86. The second-order valence-corrected chi connectivity index (χ2v) is 8.32. The normalized spacial score (nSPS) is 17.1. The molecule has 1 fully saturated rings. The van der Waals surface area contributed by atoms with Gasteiger partial charge in [-0.3, -0.25) is 9.59 Å². The van der Waals surface area contributed by atoms with E-state index in [-0.39, 0.29) is 37.2 Å². The van der Waals surface area contributed by atoms with E-state index >= 15 is 0 Å². The second-order valence-electron chi connectivity index (χ2n) is 8.32. The van der Waals surface area contributed by atoms with Crippen LogP contribution >= 0.6 is 0 Å². The Kier molecular flexibility index (Phi) is 8.14. The van der Waals surface area contributed by atoms with Gasteiger partial charge in [-0.15, -0.1) is 0 Å². The van der Waals surface area contributed by atoms with Crippen molar-refractivity contribution in [2.24, 2.45) is 5.92 Å². The molecule has 0 bridgehead atoms. The van der Waals surface area contributed by atoms with Crippen LogP contribution in [0, 0.1) is 5.92 Å². The molecule has 34 heavy (non-hydrogen) atoms. The number of pyridine rings is 1. The number of carboxylic acid groups (broad SMARTS) is 1. The van der Waals surface area contributed by atoms with Gasteiger partial charge in [-0.1, -0.05) is 30.3 Å². The Balaban J connectivity index is 1.60. The Labute approximate surface area is 196 Å². The van der Waals surface area contributed by atoms with E-state index in [1.165, 1.54) is 13.1 Å². The van der Waals surface area contributed by atoms with Gasteiger partial charge in [0.2, 0.25) is 0 Å². The van der Waals surface area contributed by atoms with E-state index in [0.717, 1.165) is 10.5 Å². The Bertz CT molecular complexity index is 1030. The van der Waals surface area contributed by atoms with Crippen molar-refractivity contribution in [1.82, 2.24) is 20.5 Å². The molecule has 3 N–H and O–H groups in total. The molecule has 2 aromatic rings. The Morgan fingerprint density at radius 3 is 2.56 bits per heavy atom. The highest BCUT2D eigenvalue weighted by atomic mass is 19.3. The van der Waals surface area contributed by atoms with Crippen molar-refractivity contribution >= 4 is 17.9 Å². The average Bonchev–Trinajstić information content (AvgIpc) is 2.81. The molecule has 1 atom stereocenters. The number of benzene rings is 1. The lowest BCUT2D eigenvalue weighted by Gasteiger charge is -2.37. The quantitative estimate of drug-likeness (QED) is 0.509. The van der Waals surface area contributed by atoms with Crippen molar-refractivity contribution in [1.29, 1.82) is 0 Å². The second kappa shape index (κ2) is 11.0. The standard InChI is InChI=1S/C24H28F2N4O4/c1-27-22(32)20-14-17(13-19(29-20)12-16-6-3-2-4-7-16)21(31)28-10-5-8-18-9-11-30(23(33)34)15-24(18,25)26/h2-4,6-7,13-14,18H,5,8-12,15H2,1H3,(H,27,32)(H,28,31)(H,33,34). The summed E-state index contributed by atoms with van der Waals surface area (Å²) >= 11 is 0. The minimum atomic E-state index is -3.10. The maximum absolute atomic E-state index is 14.3. The summed E-state index contributed by atoms with van der Waals surface area (Å²) < 4.78 is 28.5. The fourth-order valence-corrected chi connectivity index (χ4v) is 4.02. The van der Waals surface area contributed by atoms with Crippen LogP contribution in [0.4, 0.5) is 13.6 Å². The highest BCUT2D eigenvalue weighted by Crippen LogP contribution is 2.35. The van der Waals surface area contributed by atoms with Gasteiger partial charge < -0.3 is 20.6 Å². The van der Waals surface area contributed by atoms with E-state index < -0.39 is 36.3 Å². The van der Waals surface area contributed by atoms with Gasteiger partial charge in [-0.05, 0) is 37.0 Å². The first kappa shape index (κ1) is 25.1. The Morgan fingerprint density at radius 1 is 1.18 bits per heavy atom. The van der Waals surface area contributed by atoms with E-state index in [4.69, 9.17) is 5.11 Å². The van der Waals surface area contributed by atoms with Gasteiger partial charge in [0.05, 0.1) is 6.54 Å². The third-order valence-corrected chi connectivity index (χ3v) is 5.86. The first-order valence-corrected chi connectivity index (χ1v) is 11.1. The predicted molar refractivity (Wildman–Crippen MR) is 121 cm³/mol. The van der Waals surface area contributed by atoms with Gasteiger partial charge >= 0.3 is 6.09 Å². The predicted octanol–water partition coefficient (Wildman–Crippen LogP) is 3.18. The fourth-order valence-electron chi connectivity index (χ4n) is 4.02. The topological polar surface area (TPSA) is 112 Å². The van der Waals surface area contributed by atoms with Crippen molar-refractivity contribution in [3.63, 3.8) is 0 Å². The van der Waals surface area contributed by atoms with Crippen molar-refractivity contribution in [3.05, 3.63) is 65.0 Å². The summed E-state index contributed by atoms with van der Waals surface area (Å²) in [4.78, 5) is 40.9. The van der Waals surface area contributed by atoms with Crippen LogP contribution in [-0.4, -0.2) is 65.5 Å². The molecule has 1 aromatic heterocycles. The molecule has 1 aliphatic rings. The van der Waals surface area contributed by atoms with Crippen LogP contribution in [0.25, 0.3) is 0 Å². The van der Waals surface area contributed by atoms with Crippen LogP contribution in [0.5, 0.6) is 0 Å². The first-order chi connectivity index (χ1) is 16.2. The number of aromatic nitrogens is 1. The molecule has 3 rings (SSSR count). The van der Waals surface area contributed by atoms with Crippen molar-refractivity contribution < 1.29 is 28.3 Å². The number of piperidine rings is 1. The van der Waals surface area contributed by atoms with E-state index in [1.807, 2.05) is 30.3 Å². The maximum Gasteiger partial charge on any atom is 0.407 e. The number of likely N-dealkylation sites (tertiary alicyclic amines) is 1. The summed E-state index contributed by atoms with van der Waals surface area (Å²) in [5.41, 5.74) is 1.91. The van der Waals surface area contributed by atoms with Crippen LogP contribution < -0.4 is 10.6 Å². The molecule has 1 aromatic carbocycles. The van der Waals surface area contributed by atoms with E-state index in [0.29, 0.717) is 18.5 Å². The number of halogens is 2. The number of amides is 3. The molecule has 182 valence electrons. The van der Waals surface area contributed by atoms with Crippen LogP contribution in [0.15, 0.2) is 42.5 Å². The molecule has 1 unspecified atom stereocenters. The number of alkyl halides is 2. The number of hydrogen-bond donors (Lipinski definition) is 3. The number of hydrogen-bond acceptors (Lipinski definition) is 4. The van der Waals surface area contributed by atoms with E-state index in [2.05, 4.69) is 15.6 Å². The molecule has 1 aliphatic heterocycles. The van der Waals surface area contributed by atoms with Crippen molar-refractivity contribution in [2.45, 2.75) is 31.6 Å². The summed E-state index contributed by atoms with van der Waals surface area (Å²) in [5, 5.41) is 14.1. The van der Waals surface area contributed by atoms with Gasteiger partial charge in [-0.2, -0.15) is 0 Å². The molecule has 2 heterocycles. The molecule has 3 amide bonds. The summed E-state index contributed by atoms with van der Waals surface area (Å²) in [6.07, 6.45) is -0.333. The minimum absolute atomic E-state index is 0.0748. The van der Waals surface area contributed by atoms with Gasteiger partial charge in [0, 0.05) is 43.7 Å². The van der Waals surface area contributed by atoms with Crippen LogP contribution in [-0.2, 0) is 6.42 Å². The average molecular weight is 475 g/mol. The number of nitrogens with zero attached hydrogens (tertiary/aromatic N) is 2. The SMILES string of the molecule is CNC(=O)c1cc(C(=O)NCCCC2CCN(C(=O)O)CC2(F)F)cc(Cc2ccccc2)n1. The molecule has 0 radical (unpaired) electrons. The zero-order chi connectivity index (χ0) is 24.7. The van der Waals surface area contributed by atoms with Crippen molar-refractivity contribution in [3.8, 4) is 0 Å². The first-order valence-electron chi connectivity index (χ1n) is 11.1. The molecule has 10 heteroatoms. The summed E-state index contributed by atoms with van der Waals surface area (Å²) in [6.45, 7) is -0.548. The number of rotatable bonds is 8. The van der Waals surface area contributed by atoms with Crippen LogP contribution in [0.1, 0.15) is 51.4 Å². The largest absolute Gasteiger partial charge is 0.465 e. The maximum atomic E-state index is 14.3. The summed E-state index contributed by atoms with van der Waals surface area (Å²) in [6, 6.07) is 12.5. The highest BCUT2D eigenvalue weighted by Gasteiger charge is 2.45. The third kappa shape index (κ3) is 6.49. The number of nitrogens with one attached hydrogen (secondary N) is 2. The summed E-state index contributed by atoms with van der Waals surface area (Å²) in [7, 11) is 1.48. The summed E-state index contributed by atoms with van der Waals surface area (Å²) in [5.74, 6) is -4.87. The van der Waals surface area contributed by atoms with Gasteiger partial charge in [0.1, 0.15) is 5.69 Å². The lowest BCUT2D eigenvalue weighted by atomic mass is 9.89. The molecule has 0 spiro atoms. The highest BCUT2D eigenvalue weighted by molar-refractivity contribution is 5.98. The molecular formula is C24H28F2N4O4. The van der Waals surface area contributed by atoms with E-state index in [1.54, 1.807) is 6.07 Å². The van der Waals surface area contributed by atoms with E-state index in [9.17, 15) is 23.2 Å². The monoisotopic (exact) mass is 474 g/mol. The molecule has 1 saturated heterocycles. The zero-order valence-corrected chi connectivity index (χ0v) is 18.9. The van der Waals surface area contributed by atoms with Crippen molar-refractivity contribution in [2.75, 3.05) is 26.7 Å². The van der Waals surface area contributed by atoms with Gasteiger partial charge in [0.15, 0.2) is 0 Å². The molecular weight excluding hydrogens is 446 g/mol. The minimum Gasteiger partial charge on any atom is -0.465 e. The van der Waals surface area contributed by atoms with Gasteiger partial charge in [0.25, 0.3) is 17.7 Å².